The van der Waals surface area contributed by atoms with Gasteiger partial charge in [-0.05, 0) is 50.8 Å². The fraction of sp³-hybridized carbons (Fsp3) is 0.464. The number of rotatable bonds is 6. The van der Waals surface area contributed by atoms with Crippen molar-refractivity contribution in [3.63, 3.8) is 0 Å². The lowest BCUT2D eigenvalue weighted by Gasteiger charge is -2.39. The minimum absolute atomic E-state index is 0.166. The Morgan fingerprint density at radius 2 is 2.00 bits per heavy atom. The number of anilines is 1. The van der Waals surface area contributed by atoms with Crippen LogP contribution in [0.3, 0.4) is 0 Å². The standard InChI is InChI=1S/C28H31F2N7O3/c1-16-3-4-18(12-31-16)36-14-21(30)24(15-36)33-26(38)17-5-8-37(28(11-17)6-7-28)27(39)23-10-22(34-35-23)19-9-25(40-2)32-13-20(19)29/h3-4,9-10,12-13,17,21,24H,5-8,11,14-15H2,1-2H3,(H,33,38)(H,34,35)/t17-,21-,24-/m0/s1. The number of carbonyl (C=O) groups excluding carboxylic acids is 2. The maximum atomic E-state index is 14.9. The molecule has 1 aliphatic carbocycles. The van der Waals surface area contributed by atoms with E-state index >= 15 is 0 Å². The van der Waals surface area contributed by atoms with Crippen LogP contribution in [0.5, 0.6) is 5.88 Å². The summed E-state index contributed by atoms with van der Waals surface area (Å²) in [5, 5.41) is 9.82. The topological polar surface area (TPSA) is 116 Å². The zero-order valence-corrected chi connectivity index (χ0v) is 22.4. The first kappa shape index (κ1) is 26.1. The number of ether oxygens (including phenoxy) is 1. The number of carbonyl (C=O) groups is 2. The van der Waals surface area contributed by atoms with Crippen molar-refractivity contribution in [2.75, 3.05) is 31.6 Å². The highest BCUT2D eigenvalue weighted by Gasteiger charge is 2.55. The maximum absolute atomic E-state index is 14.9. The van der Waals surface area contributed by atoms with E-state index in [1.807, 2.05) is 24.0 Å². The van der Waals surface area contributed by atoms with E-state index in [-0.39, 0.29) is 47.1 Å². The number of piperidine rings is 1. The summed E-state index contributed by atoms with van der Waals surface area (Å²) in [5.41, 5.74) is 2.01. The predicted molar refractivity (Wildman–Crippen MR) is 142 cm³/mol. The van der Waals surface area contributed by atoms with Crippen molar-refractivity contribution in [1.82, 2.24) is 30.4 Å². The van der Waals surface area contributed by atoms with E-state index in [4.69, 9.17) is 4.74 Å². The van der Waals surface area contributed by atoms with Gasteiger partial charge in [0.05, 0.1) is 43.5 Å². The molecule has 3 aromatic heterocycles. The van der Waals surface area contributed by atoms with E-state index in [1.54, 1.807) is 11.1 Å². The molecule has 3 fully saturated rings. The number of nitrogens with one attached hydrogen (secondary N) is 2. The van der Waals surface area contributed by atoms with Gasteiger partial charge in [0.2, 0.25) is 11.8 Å². The third-order valence-corrected chi connectivity index (χ3v) is 8.30. The van der Waals surface area contributed by atoms with Gasteiger partial charge >= 0.3 is 0 Å². The van der Waals surface area contributed by atoms with Crippen molar-refractivity contribution in [1.29, 1.82) is 0 Å². The molecular formula is C28H31F2N7O3. The molecule has 12 heteroatoms. The number of pyridine rings is 2. The zero-order chi connectivity index (χ0) is 28.0. The second-order valence-corrected chi connectivity index (χ2v) is 10.9. The number of nitrogens with zero attached hydrogens (tertiary/aromatic N) is 5. The Hall–Kier alpha value is -4.09. The van der Waals surface area contributed by atoms with E-state index in [0.717, 1.165) is 30.4 Å². The first-order valence-corrected chi connectivity index (χ1v) is 13.5. The van der Waals surface area contributed by atoms with Crippen LogP contribution in [0.25, 0.3) is 11.3 Å². The molecule has 210 valence electrons. The molecule has 6 rings (SSSR count). The van der Waals surface area contributed by atoms with Gasteiger partial charge in [0.15, 0.2) is 5.82 Å². The van der Waals surface area contributed by atoms with Crippen LogP contribution >= 0.6 is 0 Å². The summed E-state index contributed by atoms with van der Waals surface area (Å²) >= 11 is 0. The number of hydrogen-bond acceptors (Lipinski definition) is 7. The van der Waals surface area contributed by atoms with E-state index in [2.05, 4.69) is 25.5 Å². The molecule has 1 saturated carbocycles. The molecule has 0 unspecified atom stereocenters. The number of likely N-dealkylation sites (tertiary alicyclic amines) is 1. The van der Waals surface area contributed by atoms with E-state index in [0.29, 0.717) is 25.9 Å². The minimum Gasteiger partial charge on any atom is -0.481 e. The first-order chi connectivity index (χ1) is 19.3. The van der Waals surface area contributed by atoms with Crippen LogP contribution in [0.4, 0.5) is 14.5 Å². The molecule has 2 aliphatic heterocycles. The van der Waals surface area contributed by atoms with Gasteiger partial charge in [0.25, 0.3) is 5.91 Å². The summed E-state index contributed by atoms with van der Waals surface area (Å²) in [7, 11) is 1.43. The number of aromatic nitrogens is 4. The summed E-state index contributed by atoms with van der Waals surface area (Å²) in [6.07, 6.45) is 4.19. The lowest BCUT2D eigenvalue weighted by Crippen LogP contribution is -2.52. The molecule has 5 heterocycles. The first-order valence-electron chi connectivity index (χ1n) is 13.5. The molecule has 0 aromatic carbocycles. The van der Waals surface area contributed by atoms with Crippen molar-refractivity contribution in [3.8, 4) is 17.1 Å². The fourth-order valence-electron chi connectivity index (χ4n) is 5.85. The van der Waals surface area contributed by atoms with Gasteiger partial charge in [-0.2, -0.15) is 5.10 Å². The van der Waals surface area contributed by atoms with Crippen LogP contribution in [0, 0.1) is 18.7 Å². The third-order valence-electron chi connectivity index (χ3n) is 8.30. The van der Waals surface area contributed by atoms with Crippen molar-refractivity contribution in [2.45, 2.75) is 50.4 Å². The molecule has 2 saturated heterocycles. The van der Waals surface area contributed by atoms with Crippen molar-refractivity contribution in [2.24, 2.45) is 5.92 Å². The second kappa shape index (κ2) is 10.1. The largest absolute Gasteiger partial charge is 0.481 e. The number of aromatic amines is 1. The summed E-state index contributed by atoms with van der Waals surface area (Å²) < 4.78 is 34.3. The summed E-state index contributed by atoms with van der Waals surface area (Å²) in [4.78, 5) is 38.5. The van der Waals surface area contributed by atoms with Crippen molar-refractivity contribution < 1.29 is 23.1 Å². The van der Waals surface area contributed by atoms with Crippen molar-refractivity contribution >= 4 is 17.5 Å². The van der Waals surface area contributed by atoms with Crippen molar-refractivity contribution in [3.05, 3.63) is 53.9 Å². The molecule has 2 amide bonds. The smallest absolute Gasteiger partial charge is 0.272 e. The number of hydrogen-bond donors (Lipinski definition) is 2. The van der Waals surface area contributed by atoms with Gasteiger partial charge in [0.1, 0.15) is 11.9 Å². The second-order valence-electron chi connectivity index (χ2n) is 10.9. The summed E-state index contributed by atoms with van der Waals surface area (Å²) in [6.45, 7) is 2.88. The van der Waals surface area contributed by atoms with Gasteiger partial charge in [-0.3, -0.25) is 19.7 Å². The summed E-state index contributed by atoms with van der Waals surface area (Å²) in [5.74, 6) is -1.04. The predicted octanol–water partition coefficient (Wildman–Crippen LogP) is 3.05. The molecule has 0 radical (unpaired) electrons. The highest BCUT2D eigenvalue weighted by molar-refractivity contribution is 5.94. The van der Waals surface area contributed by atoms with Crippen LogP contribution in [0.1, 0.15) is 41.9 Å². The highest BCUT2D eigenvalue weighted by atomic mass is 19.1. The Labute approximate surface area is 230 Å². The minimum atomic E-state index is -1.18. The third kappa shape index (κ3) is 4.86. The molecule has 2 N–H and O–H groups in total. The lowest BCUT2D eigenvalue weighted by molar-refractivity contribution is -0.128. The Morgan fingerprint density at radius 1 is 1.18 bits per heavy atom. The molecule has 3 aliphatic rings. The van der Waals surface area contributed by atoms with Gasteiger partial charge < -0.3 is 19.9 Å². The molecule has 3 atom stereocenters. The van der Waals surface area contributed by atoms with Crippen LogP contribution < -0.4 is 15.0 Å². The lowest BCUT2D eigenvalue weighted by atomic mass is 9.87. The van der Waals surface area contributed by atoms with E-state index in [1.165, 1.54) is 19.2 Å². The Balaban J connectivity index is 1.09. The number of amides is 2. The van der Waals surface area contributed by atoms with Crippen LogP contribution in [0.15, 0.2) is 36.7 Å². The van der Waals surface area contributed by atoms with Gasteiger partial charge in [-0.25, -0.2) is 13.8 Å². The molecule has 10 nitrogen and oxygen atoms in total. The summed E-state index contributed by atoms with van der Waals surface area (Å²) in [6, 6.07) is 6.15. The van der Waals surface area contributed by atoms with E-state index in [9.17, 15) is 18.4 Å². The number of halogens is 2. The van der Waals surface area contributed by atoms with Gasteiger partial charge in [-0.15, -0.1) is 0 Å². The average Bonchev–Trinajstić information content (AvgIpc) is 3.36. The maximum Gasteiger partial charge on any atom is 0.272 e. The van der Waals surface area contributed by atoms with Crippen LogP contribution in [0.2, 0.25) is 0 Å². The van der Waals surface area contributed by atoms with Crippen LogP contribution in [-0.4, -0.2) is 81.4 Å². The Bertz CT molecular complexity index is 1430. The molecule has 40 heavy (non-hydrogen) atoms. The normalized spacial score (nSPS) is 23.4. The number of aryl methyl sites for hydroxylation is 1. The number of alkyl halides is 1. The number of H-pyrrole nitrogens is 1. The average molecular weight is 552 g/mol. The van der Waals surface area contributed by atoms with Gasteiger partial charge in [0, 0.05) is 41.9 Å². The molecule has 3 aromatic rings. The number of methoxy groups -OCH3 is 1. The highest BCUT2D eigenvalue weighted by Crippen LogP contribution is 2.50. The molecular weight excluding hydrogens is 520 g/mol. The molecule has 1 spiro atoms. The van der Waals surface area contributed by atoms with Gasteiger partial charge in [-0.1, -0.05) is 0 Å². The molecule has 0 bridgehead atoms. The monoisotopic (exact) mass is 551 g/mol. The SMILES string of the molecule is COc1cc(-c2cc(C(=O)N3CC[C@H](C(=O)N[C@H]4CN(c5ccc(C)nc5)C[C@@H]4F)CC34CC4)[nH]n2)c(F)cn1. The zero-order valence-electron chi connectivity index (χ0n) is 22.4. The Kier molecular flexibility index (Phi) is 6.63. The quantitative estimate of drug-likeness (QED) is 0.484. The van der Waals surface area contributed by atoms with E-state index < -0.39 is 23.6 Å². The Morgan fingerprint density at radius 3 is 2.73 bits per heavy atom. The van der Waals surface area contributed by atoms with Crippen LogP contribution in [-0.2, 0) is 4.79 Å². The fourth-order valence-corrected chi connectivity index (χ4v) is 5.85.